The second kappa shape index (κ2) is 10.8. The van der Waals surface area contributed by atoms with Crippen molar-refractivity contribution in [1.82, 2.24) is 4.57 Å². The Balaban J connectivity index is 0.00000289. The molecule has 0 saturated heterocycles. The van der Waals surface area contributed by atoms with Gasteiger partial charge < -0.3 is 22.0 Å². The molecule has 0 atom stereocenters. The zero-order chi connectivity index (χ0) is 23.8. The Bertz CT molecular complexity index is 1560. The van der Waals surface area contributed by atoms with Gasteiger partial charge in [0.25, 0.3) is 10.6 Å². The quantitative estimate of drug-likeness (QED) is 0.341. The van der Waals surface area contributed by atoms with Crippen LogP contribution in [0, 0.1) is 0 Å². The monoisotopic (exact) mass is 563 g/mol. The maximum Gasteiger partial charge on any atom is 0.271 e. The predicted octanol–water partition coefficient (Wildman–Crippen LogP) is 1.13. The first-order chi connectivity index (χ1) is 16.5. The zero-order valence-electron chi connectivity index (χ0n) is 19.3. The van der Waals surface area contributed by atoms with Crippen molar-refractivity contribution in [2.75, 3.05) is 19.1 Å². The van der Waals surface area contributed by atoms with Crippen molar-refractivity contribution in [2.45, 2.75) is 24.9 Å². The molecule has 5 rings (SSSR count). The third kappa shape index (κ3) is 4.90. The summed E-state index contributed by atoms with van der Waals surface area (Å²) < 4.78 is 11.1. The topological polar surface area (TPSA) is 38.4 Å². The van der Waals surface area contributed by atoms with Crippen molar-refractivity contribution in [2.24, 2.45) is 0 Å². The zero-order valence-corrected chi connectivity index (χ0v) is 23.3. The number of hydrogen-bond donors (Lipinski definition) is 0. The molecule has 0 unspecified atom stereocenters. The second-order valence-electron chi connectivity index (χ2n) is 7.72. The highest BCUT2D eigenvalue weighted by atomic mass is 35.5. The molecule has 0 fully saturated rings. The van der Waals surface area contributed by atoms with Gasteiger partial charge in [-0.2, -0.15) is 4.57 Å². The number of nitrogens with zero attached hydrogens (tertiary/aromatic N) is 3. The minimum absolute atomic E-state index is 0. The van der Waals surface area contributed by atoms with Gasteiger partial charge in [-0.1, -0.05) is 52.9 Å². The number of ether oxygens (including phenoxy) is 1. The van der Waals surface area contributed by atoms with E-state index in [9.17, 15) is 4.79 Å². The summed E-state index contributed by atoms with van der Waals surface area (Å²) in [5.41, 5.74) is 2.19. The number of halogens is 2. The van der Waals surface area contributed by atoms with Crippen molar-refractivity contribution < 1.29 is 21.7 Å². The molecule has 0 saturated carbocycles. The summed E-state index contributed by atoms with van der Waals surface area (Å²) in [6.45, 7) is 3.30. The number of thioether (sulfide) groups is 1. The van der Waals surface area contributed by atoms with Crippen LogP contribution in [0.15, 0.2) is 63.7 Å². The van der Waals surface area contributed by atoms with Crippen molar-refractivity contribution in [3.8, 4) is 5.75 Å². The Kier molecular flexibility index (Phi) is 7.98. The molecule has 2 aromatic carbocycles. The molecule has 1 aliphatic rings. The summed E-state index contributed by atoms with van der Waals surface area (Å²) >= 11 is 11.2. The van der Waals surface area contributed by atoms with E-state index in [0.717, 1.165) is 46.2 Å². The van der Waals surface area contributed by atoms with E-state index < -0.39 is 0 Å². The van der Waals surface area contributed by atoms with Crippen LogP contribution >= 0.6 is 46.0 Å². The number of aromatic nitrogens is 2. The molecule has 2 aromatic heterocycles. The first-order valence-electron chi connectivity index (χ1n) is 10.8. The highest BCUT2D eigenvalue weighted by Gasteiger charge is 2.25. The van der Waals surface area contributed by atoms with Crippen LogP contribution in [0.25, 0.3) is 11.1 Å². The van der Waals surface area contributed by atoms with Crippen LogP contribution < -0.4 is 41.4 Å². The molecule has 0 aliphatic carbocycles. The smallest absolute Gasteiger partial charge is 0.271 e. The number of benzene rings is 2. The highest BCUT2D eigenvalue weighted by molar-refractivity contribution is 8.08. The lowest BCUT2D eigenvalue weighted by Gasteiger charge is -2.12. The fourth-order valence-electron chi connectivity index (χ4n) is 3.91. The number of fused-ring (bicyclic) bond motifs is 1. The fourth-order valence-corrected chi connectivity index (χ4v) is 7.45. The molecule has 5 nitrogen and oxygen atoms in total. The van der Waals surface area contributed by atoms with Gasteiger partial charge in [-0.25, -0.2) is 0 Å². The molecule has 4 aromatic rings. The van der Waals surface area contributed by atoms with Crippen LogP contribution in [0.4, 0.5) is 5.69 Å². The minimum Gasteiger partial charge on any atom is -1.00 e. The van der Waals surface area contributed by atoms with E-state index in [1.807, 2.05) is 61.0 Å². The third-order valence-corrected chi connectivity index (χ3v) is 9.41. The molecule has 0 radical (unpaired) electrons. The van der Waals surface area contributed by atoms with Gasteiger partial charge in [0.15, 0.2) is 12.7 Å². The lowest BCUT2D eigenvalue weighted by Crippen LogP contribution is -3.00. The molecule has 1 aliphatic heterocycles. The normalized spacial score (nSPS) is 14.7. The Morgan fingerprint density at radius 2 is 2.00 bits per heavy atom. The van der Waals surface area contributed by atoms with Gasteiger partial charge in [0, 0.05) is 24.1 Å². The summed E-state index contributed by atoms with van der Waals surface area (Å²) in [5, 5.41) is 4.84. The standard InChI is InChI=1S/C25H23ClN3O2S3.ClH/c1-4-29-22(14-21-28(11-12-32-21)15-16-7-5-6-8-18(16)26)34-23(24(29)30)25-27(2)19-10-9-17(31-3)13-20(19)33-25;/h5-14H,4,15H2,1-3H3;1H/q+1;/p-1/b25-23+;. The van der Waals surface area contributed by atoms with Crippen LogP contribution in [0.5, 0.6) is 5.75 Å². The van der Waals surface area contributed by atoms with Crippen molar-refractivity contribution in [3.63, 3.8) is 0 Å². The van der Waals surface area contributed by atoms with Crippen LogP contribution in [-0.2, 0) is 13.1 Å². The van der Waals surface area contributed by atoms with Gasteiger partial charge in [0.1, 0.15) is 20.0 Å². The Hall–Kier alpha value is -2.23. The maximum atomic E-state index is 13.4. The summed E-state index contributed by atoms with van der Waals surface area (Å²) in [4.78, 5) is 16.6. The Labute approximate surface area is 227 Å². The lowest BCUT2D eigenvalue weighted by molar-refractivity contribution is -0.685. The van der Waals surface area contributed by atoms with Crippen molar-refractivity contribution in [3.05, 3.63) is 89.2 Å². The number of anilines is 1. The first kappa shape index (κ1) is 25.9. The SMILES string of the molecule is CCn1c(=O)/c(=C2\Sc3cc(OC)ccc3N2C)s/c1=C\c1scc[n+]1Cc1ccccc1Cl.[Cl-]. The number of methoxy groups -OCH3 is 1. The average molecular weight is 565 g/mol. The number of thiazole rings is 2. The van der Waals surface area contributed by atoms with Gasteiger partial charge >= 0.3 is 0 Å². The fraction of sp³-hybridized carbons (Fsp3) is 0.200. The second-order valence-corrected chi connectivity index (χ2v) is 11.1. The molecule has 0 amide bonds. The van der Waals surface area contributed by atoms with Gasteiger partial charge in [0.05, 0.1) is 29.3 Å². The van der Waals surface area contributed by atoms with Crippen LogP contribution in [0.3, 0.4) is 0 Å². The van der Waals surface area contributed by atoms with E-state index in [1.165, 1.54) is 0 Å². The molecule has 35 heavy (non-hydrogen) atoms. The Morgan fingerprint density at radius 3 is 2.74 bits per heavy atom. The van der Waals surface area contributed by atoms with E-state index in [-0.39, 0.29) is 18.0 Å². The molecular formula is C25H23Cl2N3O2S3. The first-order valence-corrected chi connectivity index (χ1v) is 13.6. The molecule has 182 valence electrons. The van der Waals surface area contributed by atoms with Gasteiger partial charge in [-0.15, -0.1) is 11.3 Å². The number of hydrogen-bond acceptors (Lipinski definition) is 6. The maximum absolute atomic E-state index is 13.4. The largest absolute Gasteiger partial charge is 1.00 e. The highest BCUT2D eigenvalue weighted by Crippen LogP contribution is 2.46. The molecule has 3 heterocycles. The molecule has 0 spiro atoms. The van der Waals surface area contributed by atoms with E-state index in [0.29, 0.717) is 13.1 Å². The minimum atomic E-state index is 0. The average Bonchev–Trinajstić information content (AvgIpc) is 3.51. The Morgan fingerprint density at radius 1 is 1.20 bits per heavy atom. The van der Waals surface area contributed by atoms with Crippen molar-refractivity contribution in [1.29, 1.82) is 0 Å². The van der Waals surface area contributed by atoms with Crippen LogP contribution in [-0.4, -0.2) is 18.7 Å². The van der Waals surface area contributed by atoms with Crippen LogP contribution in [0.2, 0.25) is 5.02 Å². The molecular weight excluding hydrogens is 541 g/mol. The summed E-state index contributed by atoms with van der Waals surface area (Å²) in [7, 11) is 3.68. The summed E-state index contributed by atoms with van der Waals surface area (Å²) in [5.74, 6) is 0.813. The predicted molar refractivity (Wildman–Crippen MR) is 143 cm³/mol. The van der Waals surface area contributed by atoms with Gasteiger partial charge in [-0.05, 0) is 31.2 Å². The van der Waals surface area contributed by atoms with E-state index in [4.69, 9.17) is 16.3 Å². The lowest BCUT2D eigenvalue weighted by atomic mass is 10.2. The van der Waals surface area contributed by atoms with E-state index in [2.05, 4.69) is 27.1 Å². The summed E-state index contributed by atoms with van der Waals surface area (Å²) in [6.07, 6.45) is 4.17. The number of rotatable bonds is 5. The van der Waals surface area contributed by atoms with Gasteiger partial charge in [-0.3, -0.25) is 9.36 Å². The molecule has 0 bridgehead atoms. The molecule has 0 N–H and O–H groups in total. The van der Waals surface area contributed by atoms with Crippen LogP contribution in [0.1, 0.15) is 17.5 Å². The van der Waals surface area contributed by atoms with Crippen molar-refractivity contribution >= 4 is 62.8 Å². The van der Waals surface area contributed by atoms with Gasteiger partial charge in [0.2, 0.25) is 0 Å². The van der Waals surface area contributed by atoms with E-state index in [1.54, 1.807) is 41.5 Å². The summed E-state index contributed by atoms with van der Waals surface area (Å²) in [6, 6.07) is 13.9. The third-order valence-electron chi connectivity index (χ3n) is 5.72. The van der Waals surface area contributed by atoms with E-state index >= 15 is 0 Å². The molecule has 10 heteroatoms.